The molecule has 0 saturated carbocycles. The fourth-order valence-electron chi connectivity index (χ4n) is 1.36. The molecule has 0 amide bonds. The molecule has 1 rings (SSSR count). The number of benzene rings is 1. The van der Waals surface area contributed by atoms with Crippen molar-refractivity contribution in [1.82, 2.24) is 4.72 Å². The molecule has 0 aromatic heterocycles. The van der Waals surface area contributed by atoms with E-state index in [0.29, 0.717) is 0 Å². The number of rotatable bonds is 7. The van der Waals surface area contributed by atoms with Gasteiger partial charge >= 0.3 is 0 Å². The smallest absolute Gasteiger partial charge is 0.244 e. The molecule has 1 atom stereocenters. The first-order valence-corrected chi connectivity index (χ1v) is 6.79. The normalized spacial score (nSPS) is 13.4. The van der Waals surface area contributed by atoms with Crippen LogP contribution in [-0.2, 0) is 19.5 Å². The highest BCUT2D eigenvalue weighted by atomic mass is 32.2. The molecule has 18 heavy (non-hydrogen) atoms. The van der Waals surface area contributed by atoms with Gasteiger partial charge in [-0.15, -0.1) is 0 Å². The maximum absolute atomic E-state index is 11.9. The number of para-hydroxylation sites is 1. The number of methoxy groups -OCH3 is 2. The van der Waals surface area contributed by atoms with Crippen molar-refractivity contribution in [2.24, 2.45) is 0 Å². The Kier molecular flexibility index (Phi) is 5.54. The van der Waals surface area contributed by atoms with Crippen molar-refractivity contribution in [3.63, 3.8) is 0 Å². The highest BCUT2D eigenvalue weighted by Crippen LogP contribution is 2.20. The van der Waals surface area contributed by atoms with Gasteiger partial charge in [0.1, 0.15) is 10.6 Å². The van der Waals surface area contributed by atoms with Crippen molar-refractivity contribution in [3.05, 3.63) is 24.3 Å². The third-order valence-electron chi connectivity index (χ3n) is 2.34. The Labute approximate surface area is 107 Å². The lowest BCUT2D eigenvalue weighted by Crippen LogP contribution is -2.35. The van der Waals surface area contributed by atoms with Gasteiger partial charge in [0.25, 0.3) is 0 Å². The number of ether oxygens (including phenoxy) is 2. The number of phenols is 1. The zero-order chi connectivity index (χ0) is 13.6. The van der Waals surface area contributed by atoms with E-state index in [2.05, 4.69) is 4.72 Å². The molecule has 0 fully saturated rings. The molecule has 7 heteroatoms. The van der Waals surface area contributed by atoms with Gasteiger partial charge in [-0.25, -0.2) is 13.1 Å². The van der Waals surface area contributed by atoms with Gasteiger partial charge in [0.05, 0.1) is 12.7 Å². The van der Waals surface area contributed by atoms with Crippen LogP contribution < -0.4 is 4.72 Å². The Hall–Kier alpha value is -1.15. The third kappa shape index (κ3) is 3.95. The lowest BCUT2D eigenvalue weighted by atomic mass is 10.3. The maximum atomic E-state index is 11.9. The average Bonchev–Trinajstić information content (AvgIpc) is 2.34. The lowest BCUT2D eigenvalue weighted by molar-refractivity contribution is 0.0320. The second-order valence-electron chi connectivity index (χ2n) is 3.63. The van der Waals surface area contributed by atoms with Gasteiger partial charge in [0, 0.05) is 20.8 Å². The molecule has 2 N–H and O–H groups in total. The van der Waals surface area contributed by atoms with E-state index in [-0.39, 0.29) is 29.9 Å². The molecule has 1 aromatic carbocycles. The van der Waals surface area contributed by atoms with Gasteiger partial charge in [-0.2, -0.15) is 0 Å². The van der Waals surface area contributed by atoms with Crippen LogP contribution in [0.2, 0.25) is 0 Å². The Morgan fingerprint density at radius 2 is 2.00 bits per heavy atom. The molecule has 0 bridgehead atoms. The van der Waals surface area contributed by atoms with Crippen LogP contribution in [0.15, 0.2) is 29.2 Å². The minimum atomic E-state index is -3.75. The number of nitrogens with one attached hydrogen (secondary N) is 1. The molecule has 0 aliphatic carbocycles. The molecule has 0 aliphatic rings. The second-order valence-corrected chi connectivity index (χ2v) is 5.37. The van der Waals surface area contributed by atoms with E-state index in [4.69, 9.17) is 9.47 Å². The minimum Gasteiger partial charge on any atom is -0.507 e. The fraction of sp³-hybridized carbons (Fsp3) is 0.455. The molecule has 6 nitrogen and oxygen atoms in total. The summed E-state index contributed by atoms with van der Waals surface area (Å²) in [4.78, 5) is -0.155. The van der Waals surface area contributed by atoms with Crippen LogP contribution in [0.4, 0.5) is 0 Å². The van der Waals surface area contributed by atoms with E-state index in [1.165, 1.54) is 32.4 Å². The van der Waals surface area contributed by atoms with Gasteiger partial charge in [0.15, 0.2) is 0 Å². The zero-order valence-corrected chi connectivity index (χ0v) is 11.1. The summed E-state index contributed by atoms with van der Waals surface area (Å²) >= 11 is 0. The molecule has 0 aliphatic heterocycles. The van der Waals surface area contributed by atoms with Crippen LogP contribution in [0, 0.1) is 0 Å². The van der Waals surface area contributed by atoms with Crippen LogP contribution >= 0.6 is 0 Å². The van der Waals surface area contributed by atoms with E-state index < -0.39 is 10.0 Å². The molecule has 0 heterocycles. The van der Waals surface area contributed by atoms with Crippen molar-refractivity contribution in [2.45, 2.75) is 11.0 Å². The fourth-order valence-corrected chi connectivity index (χ4v) is 2.52. The molecule has 1 aromatic rings. The van der Waals surface area contributed by atoms with Gasteiger partial charge < -0.3 is 14.6 Å². The van der Waals surface area contributed by atoms with Crippen molar-refractivity contribution in [2.75, 3.05) is 27.4 Å². The van der Waals surface area contributed by atoms with Crippen molar-refractivity contribution in [3.8, 4) is 5.75 Å². The molecule has 1 unspecified atom stereocenters. The van der Waals surface area contributed by atoms with Crippen molar-refractivity contribution in [1.29, 1.82) is 0 Å². The highest BCUT2D eigenvalue weighted by Gasteiger charge is 2.19. The largest absolute Gasteiger partial charge is 0.507 e. The van der Waals surface area contributed by atoms with E-state index in [1.54, 1.807) is 6.07 Å². The van der Waals surface area contributed by atoms with Crippen LogP contribution in [0.3, 0.4) is 0 Å². The number of aromatic hydroxyl groups is 1. The number of hydrogen-bond acceptors (Lipinski definition) is 5. The maximum Gasteiger partial charge on any atom is 0.244 e. The molecule has 0 saturated heterocycles. The summed E-state index contributed by atoms with van der Waals surface area (Å²) in [7, 11) is -0.776. The molecule has 0 spiro atoms. The van der Waals surface area contributed by atoms with E-state index >= 15 is 0 Å². The monoisotopic (exact) mass is 275 g/mol. The van der Waals surface area contributed by atoms with Crippen LogP contribution in [0.1, 0.15) is 0 Å². The highest BCUT2D eigenvalue weighted by molar-refractivity contribution is 7.89. The van der Waals surface area contributed by atoms with Crippen molar-refractivity contribution >= 4 is 10.0 Å². The predicted octanol–water partition coefficient (Wildman–Crippen LogP) is 0.332. The SMILES string of the molecule is COCC(CNS(=O)(=O)c1ccccc1O)OC. The second kappa shape index (κ2) is 6.69. The number of phenolic OH excluding ortho intramolecular Hbond substituents is 1. The molecule has 102 valence electrons. The summed E-state index contributed by atoms with van der Waals surface area (Å²) in [5.41, 5.74) is 0. The third-order valence-corrected chi connectivity index (χ3v) is 3.81. The van der Waals surface area contributed by atoms with Gasteiger partial charge in [-0.1, -0.05) is 12.1 Å². The Morgan fingerprint density at radius 3 is 2.56 bits per heavy atom. The Balaban J connectivity index is 2.74. The first-order chi connectivity index (χ1) is 8.51. The minimum absolute atomic E-state index is 0.0704. The quantitative estimate of drug-likeness (QED) is 0.749. The summed E-state index contributed by atoms with van der Waals surface area (Å²) in [6, 6.07) is 5.74. The summed E-state index contributed by atoms with van der Waals surface area (Å²) in [5.74, 6) is -0.286. The predicted molar refractivity (Wildman–Crippen MR) is 66.0 cm³/mol. The Morgan fingerprint density at radius 1 is 1.33 bits per heavy atom. The van der Waals surface area contributed by atoms with Crippen molar-refractivity contribution < 1.29 is 23.0 Å². The van der Waals surface area contributed by atoms with E-state index in [0.717, 1.165) is 0 Å². The van der Waals surface area contributed by atoms with Gasteiger partial charge in [-0.3, -0.25) is 0 Å². The average molecular weight is 275 g/mol. The molecular weight excluding hydrogens is 258 g/mol. The summed E-state index contributed by atoms with van der Waals surface area (Å²) in [5, 5.41) is 9.50. The molecule has 0 radical (unpaired) electrons. The summed E-state index contributed by atoms with van der Waals surface area (Å²) in [6.45, 7) is 0.348. The van der Waals surface area contributed by atoms with Crippen LogP contribution in [0.5, 0.6) is 5.75 Å². The first kappa shape index (κ1) is 14.9. The zero-order valence-electron chi connectivity index (χ0n) is 10.3. The van der Waals surface area contributed by atoms with E-state index in [1.807, 2.05) is 0 Å². The summed E-state index contributed by atoms with van der Waals surface area (Å²) < 4.78 is 36.1. The number of hydrogen-bond donors (Lipinski definition) is 2. The van der Waals surface area contributed by atoms with Crippen LogP contribution in [0.25, 0.3) is 0 Å². The topological polar surface area (TPSA) is 84.9 Å². The number of sulfonamides is 1. The van der Waals surface area contributed by atoms with Gasteiger partial charge in [0.2, 0.25) is 10.0 Å². The molecular formula is C11H17NO5S. The Bertz CT molecular complexity index is 474. The van der Waals surface area contributed by atoms with Gasteiger partial charge in [-0.05, 0) is 12.1 Å². The summed E-state index contributed by atoms with van der Waals surface area (Å²) in [6.07, 6.45) is -0.379. The lowest BCUT2D eigenvalue weighted by Gasteiger charge is -2.15. The first-order valence-electron chi connectivity index (χ1n) is 5.30. The van der Waals surface area contributed by atoms with Crippen LogP contribution in [-0.4, -0.2) is 47.0 Å². The van der Waals surface area contributed by atoms with E-state index in [9.17, 15) is 13.5 Å². The standard InChI is InChI=1S/C11H17NO5S/c1-16-8-9(17-2)7-12-18(14,15)11-6-4-3-5-10(11)13/h3-6,9,12-13H,7-8H2,1-2H3.